The van der Waals surface area contributed by atoms with Crippen molar-refractivity contribution in [1.29, 1.82) is 0 Å². The van der Waals surface area contributed by atoms with E-state index in [4.69, 9.17) is 9.97 Å². The van der Waals surface area contributed by atoms with Crippen LogP contribution in [0.2, 0.25) is 0 Å². The number of aryl methyl sites for hydroxylation is 10. The summed E-state index contributed by atoms with van der Waals surface area (Å²) in [6, 6.07) is 61.4. The molecule has 0 saturated heterocycles. The summed E-state index contributed by atoms with van der Waals surface area (Å²) in [5.74, 6) is 0. The molecular weight excluding hydrogens is 1090 g/mol. The number of pyridine rings is 2. The molecule has 6 heterocycles. The molecule has 0 bridgehead atoms. The second-order valence-corrected chi connectivity index (χ2v) is 21.5. The molecule has 2 aliphatic heterocycles. The van der Waals surface area contributed by atoms with Gasteiger partial charge in [0.15, 0.2) is 13.4 Å². The second kappa shape index (κ2) is 18.4. The number of aromatic nitrogens is 4. The molecule has 0 N–H and O–H groups in total. The van der Waals surface area contributed by atoms with Crippen molar-refractivity contribution in [1.82, 2.24) is 19.1 Å². The molecule has 0 spiro atoms. The van der Waals surface area contributed by atoms with Gasteiger partial charge in [0, 0.05) is 56.0 Å². The minimum atomic E-state index is 0. The predicted molar refractivity (Wildman–Crippen MR) is 315 cm³/mol. The van der Waals surface area contributed by atoms with Crippen molar-refractivity contribution < 1.29 is 21.1 Å². The molecule has 7 heteroatoms. The molecule has 2 aliphatic rings. The molecule has 0 atom stereocenters. The van der Waals surface area contributed by atoms with Crippen molar-refractivity contribution in [2.24, 2.45) is 0 Å². The maximum Gasteiger partial charge on any atom is 2.00 e. The summed E-state index contributed by atoms with van der Waals surface area (Å²) in [6.45, 7) is 22.3. The quantitative estimate of drug-likeness (QED) is 0.130. The van der Waals surface area contributed by atoms with Gasteiger partial charge in [-0.3, -0.25) is 0 Å². The fourth-order valence-corrected chi connectivity index (χ4v) is 13.2. The number of rotatable bonds is 4. The number of benzene rings is 8. The predicted octanol–water partition coefficient (Wildman–Crippen LogP) is 12.0. The molecule has 364 valence electrons. The van der Waals surface area contributed by atoms with Crippen molar-refractivity contribution in [2.75, 3.05) is 0 Å². The maximum absolute atomic E-state index is 4.83. The van der Waals surface area contributed by atoms with Gasteiger partial charge in [-0.05, 0) is 153 Å². The zero-order valence-corrected chi connectivity index (χ0v) is 46.5. The van der Waals surface area contributed by atoms with Crippen LogP contribution in [0.15, 0.2) is 158 Å². The molecule has 0 amide bonds. The van der Waals surface area contributed by atoms with E-state index < -0.39 is 0 Å². The minimum Gasteiger partial charge on any atom is -0.351 e. The summed E-state index contributed by atoms with van der Waals surface area (Å²) < 4.78 is 4.81. The van der Waals surface area contributed by atoms with E-state index in [-0.39, 0.29) is 34.5 Å². The van der Waals surface area contributed by atoms with Gasteiger partial charge >= 0.3 is 21.1 Å². The van der Waals surface area contributed by atoms with Gasteiger partial charge in [-0.15, -0.1) is 58.5 Å². The zero-order valence-electron chi connectivity index (χ0n) is 44.3. The first-order valence-electron chi connectivity index (χ1n) is 26.0. The Balaban J connectivity index is 0.000000150. The molecule has 8 aromatic carbocycles. The first-order valence-corrected chi connectivity index (χ1v) is 26.0. The number of nitrogens with zero attached hydrogens (tertiary/aromatic N) is 4. The van der Waals surface area contributed by atoms with Crippen molar-refractivity contribution >= 4 is 89.8 Å². The molecule has 0 aliphatic carbocycles. The molecule has 0 unspecified atom stereocenters. The summed E-state index contributed by atoms with van der Waals surface area (Å²) >= 11 is 0. The normalized spacial score (nSPS) is 12.2. The monoisotopic (exact) mass is 1150 g/mol. The van der Waals surface area contributed by atoms with E-state index in [0.717, 1.165) is 33.9 Å². The van der Waals surface area contributed by atoms with Gasteiger partial charge < -0.3 is 19.1 Å². The molecule has 14 rings (SSSR count). The molecule has 4 nitrogen and oxygen atoms in total. The minimum absolute atomic E-state index is 0. The molecule has 4 aromatic heterocycles. The summed E-state index contributed by atoms with van der Waals surface area (Å²) in [6.07, 6.45) is 3.80. The van der Waals surface area contributed by atoms with Crippen LogP contribution in [0.1, 0.15) is 55.6 Å². The summed E-state index contributed by atoms with van der Waals surface area (Å²) in [5, 5.41) is 5.19. The topological polar surface area (TPSA) is 35.6 Å². The summed E-state index contributed by atoms with van der Waals surface area (Å²) in [5.41, 5.74) is 32.5. The van der Waals surface area contributed by atoms with E-state index in [9.17, 15) is 0 Å². The van der Waals surface area contributed by atoms with E-state index in [1.807, 2.05) is 12.4 Å². The van der Waals surface area contributed by atoms with E-state index in [0.29, 0.717) is 0 Å². The van der Waals surface area contributed by atoms with Crippen LogP contribution in [-0.4, -0.2) is 32.5 Å². The average molecular weight is 1150 g/mol. The Morgan fingerprint density at radius 3 is 1.00 bits per heavy atom. The largest absolute Gasteiger partial charge is 2.00 e. The molecule has 75 heavy (non-hydrogen) atoms. The average Bonchev–Trinajstić information content (AvgIpc) is 4.14. The Kier molecular flexibility index (Phi) is 11.9. The third-order valence-electron chi connectivity index (χ3n) is 16.0. The van der Waals surface area contributed by atoms with Crippen molar-refractivity contribution in [3.05, 3.63) is 226 Å². The van der Waals surface area contributed by atoms with Crippen LogP contribution in [0.5, 0.6) is 0 Å². The first-order chi connectivity index (χ1) is 35.8. The van der Waals surface area contributed by atoms with Crippen molar-refractivity contribution in [2.45, 2.75) is 69.2 Å². The fraction of sp³-hybridized carbons (Fsp3) is 0.147. The van der Waals surface area contributed by atoms with Gasteiger partial charge in [-0.2, -0.15) is 0 Å². The molecule has 0 fully saturated rings. The van der Waals surface area contributed by atoms with E-state index in [1.54, 1.807) is 0 Å². The number of hydrogen-bond acceptors (Lipinski definition) is 2. The van der Waals surface area contributed by atoms with Crippen LogP contribution in [0.25, 0.3) is 77.5 Å². The smallest absolute Gasteiger partial charge is 0.351 e. The third kappa shape index (κ3) is 7.78. The Bertz CT molecular complexity index is 3910. The van der Waals surface area contributed by atoms with Crippen LogP contribution in [-0.2, 0) is 21.1 Å². The van der Waals surface area contributed by atoms with Crippen LogP contribution < -0.4 is 32.8 Å². The van der Waals surface area contributed by atoms with Gasteiger partial charge in [-0.25, -0.2) is 0 Å². The SMILES string of the molecule is Cc1cc(C)c(B2c3cc(-n4c5ccc(C)cc5c5cc(C)ccc54)c[c-]c3-c3ncccc32)c(C)c1.Cc1cc(C)c(B2c3cc(-n4c5ccc(C)cc5c5cc(C)ccc54)c[c-]c3-c3ncccc32)c(C)c1.[Pt+2]. The Morgan fingerprint density at radius 2 is 0.680 bits per heavy atom. The van der Waals surface area contributed by atoms with Gasteiger partial charge in [0.1, 0.15) is 0 Å². The van der Waals surface area contributed by atoms with Crippen molar-refractivity contribution in [3.63, 3.8) is 0 Å². The van der Waals surface area contributed by atoms with Crippen LogP contribution in [0.3, 0.4) is 0 Å². The maximum atomic E-state index is 4.83. The fourth-order valence-electron chi connectivity index (χ4n) is 13.2. The van der Waals surface area contributed by atoms with E-state index in [1.165, 1.54) is 132 Å². The Hall–Kier alpha value is -7.52. The standard InChI is InChI=1S/2C34H28BN2.Pt/c2*1-20-8-12-31-27(17-20)28-18-21(2)9-13-32(28)37(31)25-10-11-26-30(19-25)35(29-7-6-14-36-34(26)29)33-23(4)15-22(3)16-24(33)5;/h2*6-10,12-19H,1-5H3;/q2*-1;+2. The summed E-state index contributed by atoms with van der Waals surface area (Å²) in [7, 11) is 0. The van der Waals surface area contributed by atoms with E-state index >= 15 is 0 Å². The van der Waals surface area contributed by atoms with Crippen LogP contribution in [0.4, 0.5) is 0 Å². The molecule has 0 radical (unpaired) electrons. The third-order valence-corrected chi connectivity index (χ3v) is 16.0. The first kappa shape index (κ1) is 48.4. The number of fused-ring (bicyclic) bond motifs is 12. The Morgan fingerprint density at radius 1 is 0.360 bits per heavy atom. The molecule has 12 aromatic rings. The van der Waals surface area contributed by atoms with E-state index in [2.05, 4.69) is 236 Å². The molecular formula is C68H56B2N4Pt. The van der Waals surface area contributed by atoms with Gasteiger partial charge in [0.25, 0.3) is 0 Å². The van der Waals surface area contributed by atoms with Gasteiger partial charge in [-0.1, -0.05) is 138 Å². The Labute approximate surface area is 456 Å². The van der Waals surface area contributed by atoms with Crippen molar-refractivity contribution in [3.8, 4) is 33.9 Å². The molecule has 0 saturated carbocycles. The second-order valence-electron chi connectivity index (χ2n) is 21.5. The number of hydrogen-bond donors (Lipinski definition) is 0. The van der Waals surface area contributed by atoms with Gasteiger partial charge in [0.05, 0.1) is 0 Å². The van der Waals surface area contributed by atoms with Gasteiger partial charge in [0.2, 0.25) is 0 Å². The summed E-state index contributed by atoms with van der Waals surface area (Å²) in [4.78, 5) is 9.65. The van der Waals surface area contributed by atoms with Crippen LogP contribution >= 0.6 is 0 Å². The van der Waals surface area contributed by atoms with Crippen LogP contribution in [0, 0.1) is 81.4 Å². The zero-order chi connectivity index (χ0) is 50.8.